The Kier molecular flexibility index (Phi) is 4.24. The van der Waals surface area contributed by atoms with Gasteiger partial charge >= 0.3 is 0 Å². The number of nitrogens with zero attached hydrogens (tertiary/aromatic N) is 2. The average molecular weight is 363 g/mol. The summed E-state index contributed by atoms with van der Waals surface area (Å²) in [5.41, 5.74) is 6.88. The number of thiocarbonyl (C=S) groups is 1. The average Bonchev–Trinajstić information content (AvgIpc) is 3.15. The van der Waals surface area contributed by atoms with Crippen molar-refractivity contribution in [2.24, 2.45) is 0 Å². The van der Waals surface area contributed by atoms with E-state index < -0.39 is 0 Å². The zero-order valence-corrected chi connectivity index (χ0v) is 16.0. The van der Waals surface area contributed by atoms with Crippen molar-refractivity contribution >= 4 is 23.0 Å². The van der Waals surface area contributed by atoms with Crippen LogP contribution in [-0.2, 0) is 0 Å². The summed E-state index contributed by atoms with van der Waals surface area (Å²) in [5, 5.41) is 4.23. The number of aryl methyl sites for hydroxylation is 3. The fraction of sp³-hybridized carbons (Fsp3) is 0.238. The molecular formula is C21H22N4S. The molecule has 2 atom stereocenters. The molecule has 3 heterocycles. The van der Waals surface area contributed by atoms with E-state index in [9.17, 15) is 0 Å². The van der Waals surface area contributed by atoms with Crippen molar-refractivity contribution in [2.45, 2.75) is 32.9 Å². The lowest BCUT2D eigenvalue weighted by molar-refractivity contribution is 0.566. The molecule has 0 saturated carbocycles. The second kappa shape index (κ2) is 6.57. The number of benzene rings is 1. The van der Waals surface area contributed by atoms with Crippen molar-refractivity contribution in [1.29, 1.82) is 0 Å². The van der Waals surface area contributed by atoms with Gasteiger partial charge in [0.15, 0.2) is 5.11 Å². The maximum Gasteiger partial charge on any atom is 0.174 e. The fourth-order valence-electron chi connectivity index (χ4n) is 3.71. The van der Waals surface area contributed by atoms with Gasteiger partial charge in [-0.25, -0.2) is 0 Å². The van der Waals surface area contributed by atoms with Crippen molar-refractivity contribution in [3.63, 3.8) is 0 Å². The van der Waals surface area contributed by atoms with E-state index in [0.717, 1.165) is 27.9 Å². The minimum absolute atomic E-state index is 0.00102. The molecule has 1 aliphatic heterocycles. The van der Waals surface area contributed by atoms with Crippen molar-refractivity contribution in [3.8, 4) is 0 Å². The Labute approximate surface area is 159 Å². The molecule has 5 heteroatoms. The third-order valence-corrected chi connectivity index (χ3v) is 5.23. The minimum atomic E-state index is -0.00102. The van der Waals surface area contributed by atoms with E-state index in [1.54, 1.807) is 0 Å². The third-order valence-electron chi connectivity index (χ3n) is 4.92. The molecule has 2 aromatic heterocycles. The molecule has 4 nitrogen and oxygen atoms in total. The highest BCUT2D eigenvalue weighted by molar-refractivity contribution is 7.80. The van der Waals surface area contributed by atoms with Crippen molar-refractivity contribution in [3.05, 3.63) is 82.9 Å². The summed E-state index contributed by atoms with van der Waals surface area (Å²) in [6.45, 7) is 6.30. The highest BCUT2D eigenvalue weighted by Crippen LogP contribution is 2.42. The lowest BCUT2D eigenvalue weighted by atomic mass is 9.96. The standard InChI is InChI=1S/C21H22N4S/c1-13-7-9-16(10-8-13)25-20(17-12-14(2)23-15(17)3)19(24-21(25)26)18-6-4-5-11-22-18/h4-12,19-20,23H,1-3H3,(H,24,26)/t19-,20-/m0/s1. The first kappa shape index (κ1) is 16.8. The second-order valence-electron chi connectivity index (χ2n) is 6.86. The van der Waals surface area contributed by atoms with Crippen LogP contribution in [-0.4, -0.2) is 15.1 Å². The van der Waals surface area contributed by atoms with Gasteiger partial charge in [-0.2, -0.15) is 0 Å². The van der Waals surface area contributed by atoms with E-state index in [1.165, 1.54) is 11.1 Å². The molecule has 3 aromatic rings. The Morgan fingerprint density at radius 1 is 1.04 bits per heavy atom. The number of hydrogen-bond donors (Lipinski definition) is 2. The largest absolute Gasteiger partial charge is 0.362 e. The van der Waals surface area contributed by atoms with Gasteiger partial charge in [-0.15, -0.1) is 0 Å². The summed E-state index contributed by atoms with van der Waals surface area (Å²) in [4.78, 5) is 10.2. The zero-order valence-electron chi connectivity index (χ0n) is 15.2. The number of rotatable bonds is 3. The van der Waals surface area contributed by atoms with Gasteiger partial charge in [0.05, 0.1) is 17.8 Å². The molecule has 4 rings (SSSR count). The number of pyridine rings is 1. The van der Waals surface area contributed by atoms with E-state index in [1.807, 2.05) is 18.3 Å². The van der Waals surface area contributed by atoms with Gasteiger partial charge in [0, 0.05) is 23.3 Å². The number of nitrogens with one attached hydrogen (secondary N) is 2. The van der Waals surface area contributed by atoms with Crippen LogP contribution in [0, 0.1) is 20.8 Å². The molecular weight excluding hydrogens is 340 g/mol. The molecule has 0 unspecified atom stereocenters. The molecule has 132 valence electrons. The van der Waals surface area contributed by atoms with Crippen LogP contribution in [0.5, 0.6) is 0 Å². The first-order chi connectivity index (χ1) is 12.5. The molecule has 1 fully saturated rings. The van der Waals surface area contributed by atoms with Crippen LogP contribution >= 0.6 is 12.2 Å². The first-order valence-electron chi connectivity index (χ1n) is 8.78. The Balaban J connectivity index is 1.85. The molecule has 0 amide bonds. The first-order valence-corrected chi connectivity index (χ1v) is 9.19. The molecule has 0 bridgehead atoms. The van der Waals surface area contributed by atoms with Gasteiger partial charge < -0.3 is 15.2 Å². The van der Waals surface area contributed by atoms with Gasteiger partial charge in [-0.1, -0.05) is 23.8 Å². The second-order valence-corrected chi connectivity index (χ2v) is 7.25. The monoisotopic (exact) mass is 362 g/mol. The Hall–Kier alpha value is -2.66. The van der Waals surface area contributed by atoms with Crippen molar-refractivity contribution < 1.29 is 0 Å². The number of H-pyrrole nitrogens is 1. The normalized spacial score (nSPS) is 19.7. The Bertz CT molecular complexity index is 930. The van der Waals surface area contributed by atoms with E-state index in [2.05, 4.69) is 77.4 Å². The Morgan fingerprint density at radius 3 is 2.42 bits per heavy atom. The quantitative estimate of drug-likeness (QED) is 0.673. The van der Waals surface area contributed by atoms with Crippen LogP contribution in [0.2, 0.25) is 0 Å². The molecule has 0 aliphatic carbocycles. The van der Waals surface area contributed by atoms with Gasteiger partial charge in [0.25, 0.3) is 0 Å². The summed E-state index contributed by atoms with van der Waals surface area (Å²) >= 11 is 5.74. The van der Waals surface area contributed by atoms with Crippen molar-refractivity contribution in [2.75, 3.05) is 4.90 Å². The molecule has 0 spiro atoms. The maximum atomic E-state index is 5.74. The van der Waals surface area contributed by atoms with E-state index in [4.69, 9.17) is 12.2 Å². The van der Waals surface area contributed by atoms with Gasteiger partial charge in [0.1, 0.15) is 0 Å². The summed E-state index contributed by atoms with van der Waals surface area (Å²) < 4.78 is 0. The van der Waals surface area contributed by atoms with Gasteiger partial charge in [-0.3, -0.25) is 4.98 Å². The van der Waals surface area contributed by atoms with Gasteiger partial charge in [0.2, 0.25) is 0 Å². The topological polar surface area (TPSA) is 44.0 Å². The number of aromatic nitrogens is 2. The molecule has 26 heavy (non-hydrogen) atoms. The number of aromatic amines is 1. The minimum Gasteiger partial charge on any atom is -0.362 e. The fourth-order valence-corrected chi connectivity index (χ4v) is 4.05. The molecule has 2 N–H and O–H groups in total. The molecule has 0 radical (unpaired) electrons. The summed E-state index contributed by atoms with van der Waals surface area (Å²) in [6.07, 6.45) is 1.83. The molecule has 1 aliphatic rings. The van der Waals surface area contributed by atoms with Crippen LogP contribution < -0.4 is 10.2 Å². The predicted octanol–water partition coefficient (Wildman–Crippen LogP) is 4.51. The van der Waals surface area contributed by atoms with E-state index in [0.29, 0.717) is 0 Å². The number of hydrogen-bond acceptors (Lipinski definition) is 2. The SMILES string of the molecule is Cc1ccc(N2C(=S)N[C@@H](c3ccccn3)[C@@H]2c2cc(C)[nH]c2C)cc1. The van der Waals surface area contributed by atoms with E-state index >= 15 is 0 Å². The zero-order chi connectivity index (χ0) is 18.3. The van der Waals surface area contributed by atoms with Crippen LogP contribution in [0.4, 0.5) is 5.69 Å². The summed E-state index contributed by atoms with van der Waals surface area (Å²) in [6, 6.07) is 16.8. The van der Waals surface area contributed by atoms with Crippen LogP contribution in [0.15, 0.2) is 54.7 Å². The van der Waals surface area contributed by atoms with Gasteiger partial charge in [-0.05, 0) is 68.9 Å². The van der Waals surface area contributed by atoms with Crippen LogP contribution in [0.25, 0.3) is 0 Å². The Morgan fingerprint density at radius 2 is 1.81 bits per heavy atom. The van der Waals surface area contributed by atoms with E-state index in [-0.39, 0.29) is 12.1 Å². The predicted molar refractivity (Wildman–Crippen MR) is 109 cm³/mol. The van der Waals surface area contributed by atoms with Crippen molar-refractivity contribution in [1.82, 2.24) is 15.3 Å². The third kappa shape index (κ3) is 2.88. The van der Waals surface area contributed by atoms with Crippen LogP contribution in [0.1, 0.15) is 40.3 Å². The van der Waals surface area contributed by atoms with Crippen LogP contribution in [0.3, 0.4) is 0 Å². The number of anilines is 1. The lowest BCUT2D eigenvalue weighted by Crippen LogP contribution is -2.29. The highest BCUT2D eigenvalue weighted by atomic mass is 32.1. The molecule has 1 saturated heterocycles. The lowest BCUT2D eigenvalue weighted by Gasteiger charge is -2.28. The maximum absolute atomic E-state index is 5.74. The summed E-state index contributed by atoms with van der Waals surface area (Å²) in [5.74, 6) is 0. The highest BCUT2D eigenvalue weighted by Gasteiger charge is 2.41. The smallest absolute Gasteiger partial charge is 0.174 e. The molecule has 1 aromatic carbocycles. The summed E-state index contributed by atoms with van der Waals surface area (Å²) in [7, 11) is 0.